The largest absolute Gasteiger partial charge is 0.494 e. The van der Waals surface area contributed by atoms with Crippen molar-refractivity contribution < 1.29 is 19.0 Å². The Labute approximate surface area is 176 Å². The van der Waals surface area contributed by atoms with E-state index in [9.17, 15) is 9.50 Å². The topological polar surface area (TPSA) is 77.4 Å². The Balaban J connectivity index is 1.75. The molecule has 1 N–H and O–H groups in total. The molecule has 5 rings (SSSR count). The molecule has 1 aliphatic carbocycles. The molecule has 0 bridgehead atoms. The Kier molecular flexibility index (Phi) is 4.56. The van der Waals surface area contributed by atoms with Crippen LogP contribution in [-0.4, -0.2) is 34.3 Å². The molecule has 0 spiro atoms. The van der Waals surface area contributed by atoms with Crippen LogP contribution in [-0.2, 0) is 0 Å². The van der Waals surface area contributed by atoms with Gasteiger partial charge in [0.25, 0.3) is 0 Å². The van der Waals surface area contributed by atoms with Crippen molar-refractivity contribution in [3.63, 3.8) is 0 Å². The van der Waals surface area contributed by atoms with E-state index in [2.05, 4.69) is 9.97 Å². The summed E-state index contributed by atoms with van der Waals surface area (Å²) in [6.45, 7) is 1.69. The highest BCUT2D eigenvalue weighted by molar-refractivity contribution is 7.21. The summed E-state index contributed by atoms with van der Waals surface area (Å²) in [5, 5.41) is 11.4. The number of thiazole rings is 1. The number of aromatic nitrogens is 3. The molecule has 0 amide bonds. The molecule has 0 radical (unpaired) electrons. The summed E-state index contributed by atoms with van der Waals surface area (Å²) in [4.78, 5) is 13.8. The Bertz CT molecular complexity index is 1290. The third-order valence-electron chi connectivity index (χ3n) is 5.53. The molecule has 6 nitrogen and oxygen atoms in total. The molecule has 1 saturated carbocycles. The monoisotopic (exact) mass is 425 g/mol. The summed E-state index contributed by atoms with van der Waals surface area (Å²) in [6.07, 6.45) is 3.02. The standard InChI is InChI=1S/C22H20FN3O3S/c1-10-18(23)15(28-2)8-16-19(10)26-22(30-16)13-6-12(21(27)11-4-5-11)7-14-20(13)24-9-17(25-14)29-3/h6-9,11,21,27H,4-5H2,1-3H3. The third kappa shape index (κ3) is 3.07. The van der Waals surface area contributed by atoms with Crippen LogP contribution in [0.5, 0.6) is 11.6 Å². The lowest BCUT2D eigenvalue weighted by Crippen LogP contribution is -2.02. The molecular formula is C22H20FN3O3S. The number of fused-ring (bicyclic) bond motifs is 2. The van der Waals surface area contributed by atoms with E-state index in [1.807, 2.05) is 12.1 Å². The van der Waals surface area contributed by atoms with Gasteiger partial charge in [0.1, 0.15) is 5.01 Å². The van der Waals surface area contributed by atoms with E-state index in [-0.39, 0.29) is 11.7 Å². The molecule has 0 saturated heterocycles. The number of nitrogens with zero attached hydrogens (tertiary/aromatic N) is 3. The van der Waals surface area contributed by atoms with Crippen molar-refractivity contribution in [1.29, 1.82) is 0 Å². The fourth-order valence-electron chi connectivity index (χ4n) is 3.68. The number of methoxy groups -OCH3 is 2. The SMILES string of the molecule is COc1cnc2c(-c3nc4c(C)c(F)c(OC)cc4s3)cc(C(O)C3CC3)cc2n1. The van der Waals surface area contributed by atoms with Gasteiger partial charge in [-0.1, -0.05) is 0 Å². The van der Waals surface area contributed by atoms with Crippen molar-refractivity contribution in [3.05, 3.63) is 41.3 Å². The van der Waals surface area contributed by atoms with Crippen molar-refractivity contribution in [3.8, 4) is 22.2 Å². The number of aliphatic hydroxyl groups is 1. The number of ether oxygens (including phenoxy) is 2. The van der Waals surface area contributed by atoms with Gasteiger partial charge in [-0.05, 0) is 43.4 Å². The minimum absolute atomic E-state index is 0.197. The number of hydrogen-bond donors (Lipinski definition) is 1. The smallest absolute Gasteiger partial charge is 0.232 e. The molecule has 8 heteroatoms. The van der Waals surface area contributed by atoms with Crippen molar-refractivity contribution in [2.75, 3.05) is 14.2 Å². The van der Waals surface area contributed by atoms with Gasteiger partial charge in [-0.3, -0.25) is 0 Å². The van der Waals surface area contributed by atoms with Crippen molar-refractivity contribution in [2.24, 2.45) is 5.92 Å². The third-order valence-corrected chi connectivity index (χ3v) is 6.57. The minimum Gasteiger partial charge on any atom is -0.494 e. The lowest BCUT2D eigenvalue weighted by Gasteiger charge is -2.13. The molecule has 2 heterocycles. The second-order valence-corrected chi connectivity index (χ2v) is 8.55. The normalized spacial score (nSPS) is 15.0. The van der Waals surface area contributed by atoms with Crippen LogP contribution in [0.15, 0.2) is 24.4 Å². The predicted octanol–water partition coefficient (Wildman–Crippen LogP) is 4.81. The average Bonchev–Trinajstić information content (AvgIpc) is 3.53. The first-order valence-corrected chi connectivity index (χ1v) is 10.5. The minimum atomic E-state index is -0.560. The van der Waals surface area contributed by atoms with Gasteiger partial charge in [-0.2, -0.15) is 0 Å². The summed E-state index contributed by atoms with van der Waals surface area (Å²) >= 11 is 1.43. The highest BCUT2D eigenvalue weighted by atomic mass is 32.1. The summed E-state index contributed by atoms with van der Waals surface area (Å²) in [6, 6.07) is 5.45. The number of hydrogen-bond acceptors (Lipinski definition) is 7. The zero-order valence-corrected chi connectivity index (χ0v) is 17.6. The Morgan fingerprint density at radius 2 is 1.93 bits per heavy atom. The van der Waals surface area contributed by atoms with Gasteiger partial charge in [0, 0.05) is 17.2 Å². The van der Waals surface area contributed by atoms with Crippen LogP contribution in [0.25, 0.3) is 31.8 Å². The van der Waals surface area contributed by atoms with Gasteiger partial charge in [0.15, 0.2) is 11.6 Å². The van der Waals surface area contributed by atoms with Crippen molar-refractivity contribution in [1.82, 2.24) is 15.0 Å². The molecule has 4 aromatic rings. The first-order chi connectivity index (χ1) is 14.5. The number of benzene rings is 2. The maximum atomic E-state index is 14.5. The van der Waals surface area contributed by atoms with Crippen LogP contribution in [0.4, 0.5) is 4.39 Å². The lowest BCUT2D eigenvalue weighted by atomic mass is 10.0. The highest BCUT2D eigenvalue weighted by Gasteiger charge is 2.31. The highest BCUT2D eigenvalue weighted by Crippen LogP contribution is 2.44. The van der Waals surface area contributed by atoms with Crippen LogP contribution in [0.1, 0.15) is 30.1 Å². The fourth-order valence-corrected chi connectivity index (χ4v) is 4.75. The van der Waals surface area contributed by atoms with Crippen molar-refractivity contribution in [2.45, 2.75) is 25.9 Å². The zero-order chi connectivity index (χ0) is 21.0. The molecule has 2 aromatic carbocycles. The second-order valence-electron chi connectivity index (χ2n) is 7.51. The predicted molar refractivity (Wildman–Crippen MR) is 114 cm³/mol. The second kappa shape index (κ2) is 7.14. The van der Waals surface area contributed by atoms with E-state index in [4.69, 9.17) is 14.5 Å². The molecule has 1 atom stereocenters. The number of aliphatic hydroxyl groups excluding tert-OH is 1. The Morgan fingerprint density at radius 3 is 2.63 bits per heavy atom. The van der Waals surface area contributed by atoms with E-state index in [1.54, 1.807) is 19.2 Å². The van der Waals surface area contributed by atoms with Crippen LogP contribution in [0.2, 0.25) is 0 Å². The van der Waals surface area contributed by atoms with Gasteiger partial charge in [0.05, 0.1) is 47.8 Å². The summed E-state index contributed by atoms with van der Waals surface area (Å²) in [5.41, 5.74) is 3.86. The number of rotatable bonds is 5. The molecule has 1 unspecified atom stereocenters. The van der Waals surface area contributed by atoms with Crippen LogP contribution in [0.3, 0.4) is 0 Å². The maximum Gasteiger partial charge on any atom is 0.232 e. The van der Waals surface area contributed by atoms with E-state index in [0.29, 0.717) is 33.0 Å². The van der Waals surface area contributed by atoms with E-state index in [0.717, 1.165) is 28.7 Å². The summed E-state index contributed by atoms with van der Waals surface area (Å²) < 4.78 is 25.7. The van der Waals surface area contributed by atoms with E-state index < -0.39 is 11.9 Å². The maximum absolute atomic E-state index is 14.5. The number of aryl methyl sites for hydroxylation is 1. The Morgan fingerprint density at radius 1 is 1.13 bits per heavy atom. The van der Waals surface area contributed by atoms with E-state index in [1.165, 1.54) is 25.6 Å². The molecule has 2 aromatic heterocycles. The van der Waals surface area contributed by atoms with Gasteiger partial charge in [0.2, 0.25) is 5.88 Å². The fraction of sp³-hybridized carbons (Fsp3) is 0.318. The van der Waals surface area contributed by atoms with Gasteiger partial charge >= 0.3 is 0 Å². The van der Waals surface area contributed by atoms with Crippen LogP contribution < -0.4 is 9.47 Å². The molecule has 1 fully saturated rings. The first kappa shape index (κ1) is 19.1. The van der Waals surface area contributed by atoms with Gasteiger partial charge in [-0.15, -0.1) is 11.3 Å². The van der Waals surface area contributed by atoms with Gasteiger partial charge < -0.3 is 14.6 Å². The Hall–Kier alpha value is -2.84. The molecule has 0 aliphatic heterocycles. The van der Waals surface area contributed by atoms with Crippen LogP contribution in [0, 0.1) is 18.7 Å². The molecule has 30 heavy (non-hydrogen) atoms. The molecule has 1 aliphatic rings. The molecular weight excluding hydrogens is 405 g/mol. The van der Waals surface area contributed by atoms with Crippen LogP contribution >= 0.6 is 11.3 Å². The quantitative estimate of drug-likeness (QED) is 0.494. The molecule has 154 valence electrons. The van der Waals surface area contributed by atoms with Crippen molar-refractivity contribution >= 4 is 32.6 Å². The summed E-state index contributed by atoms with van der Waals surface area (Å²) in [5.74, 6) is 0.458. The van der Waals surface area contributed by atoms with E-state index >= 15 is 0 Å². The zero-order valence-electron chi connectivity index (χ0n) is 16.8. The average molecular weight is 425 g/mol. The number of halogens is 1. The lowest BCUT2D eigenvalue weighted by molar-refractivity contribution is 0.154. The first-order valence-electron chi connectivity index (χ1n) is 9.67. The summed E-state index contributed by atoms with van der Waals surface area (Å²) in [7, 11) is 2.99. The van der Waals surface area contributed by atoms with Gasteiger partial charge in [-0.25, -0.2) is 19.3 Å².